The molecule has 1 aromatic heterocycles. The number of hydrogen-bond donors (Lipinski definition) is 0. The van der Waals surface area contributed by atoms with Gasteiger partial charge in [-0.1, -0.05) is 178 Å². The highest BCUT2D eigenvalue weighted by atomic mass is 15.1. The number of para-hydroxylation sites is 2. The van der Waals surface area contributed by atoms with Crippen LogP contribution in [-0.4, -0.2) is 4.57 Å². The molecule has 3 aliphatic carbocycles. The average Bonchev–Trinajstić information content (AvgIpc) is 3.96. The van der Waals surface area contributed by atoms with Crippen LogP contribution < -0.4 is 4.90 Å². The Hall–Kier alpha value is -7.94. The second-order valence-corrected chi connectivity index (χ2v) is 18.1. The standard InChI is InChI=1S/C62H42N2/c1-61(2)51-26-11-6-19-42(51)46-33-31-41(38-56(46)61)63(40-32-35-59-50(37-40)47-23-10-15-30-57(47)64(59)39-17-4-3-5-18-39)58-36-34-55-60-48(24-16-25-49(58)60)45-22-9-14-29-54(45)62(55)52-27-12-7-20-43(52)44-21-8-13-28-53(44)62/h3-38H,1-2H3/i7D,12D,20D,27D. The molecule has 0 aliphatic heterocycles. The van der Waals surface area contributed by atoms with E-state index < -0.39 is 5.41 Å². The highest BCUT2D eigenvalue weighted by Gasteiger charge is 2.50. The summed E-state index contributed by atoms with van der Waals surface area (Å²) < 4.78 is 39.4. The predicted molar refractivity (Wildman–Crippen MR) is 267 cm³/mol. The Morgan fingerprint density at radius 2 is 1.00 bits per heavy atom. The van der Waals surface area contributed by atoms with Gasteiger partial charge in [-0.15, -0.1) is 0 Å². The molecule has 300 valence electrons. The second-order valence-electron chi connectivity index (χ2n) is 18.1. The van der Waals surface area contributed by atoms with Gasteiger partial charge in [0.1, 0.15) is 0 Å². The largest absolute Gasteiger partial charge is 0.310 e. The molecule has 0 saturated heterocycles. The smallest absolute Gasteiger partial charge is 0.0725 e. The van der Waals surface area contributed by atoms with Gasteiger partial charge in [0.2, 0.25) is 0 Å². The van der Waals surface area contributed by atoms with Gasteiger partial charge < -0.3 is 9.47 Å². The van der Waals surface area contributed by atoms with Crippen molar-refractivity contribution in [1.29, 1.82) is 0 Å². The SMILES string of the molecule is [2H]c1c([2H])c([2H])c2c(c1[2H])-c1ccccc1C21c2ccccc2-c2cccc3c(N(c4ccc5c(c4)C(C)(C)c4ccccc4-5)c4ccc5c(c4)c4ccccc4n5-c4ccccc4)ccc1c23. The molecule has 10 aromatic carbocycles. The zero-order chi connectivity index (χ0) is 45.8. The van der Waals surface area contributed by atoms with Gasteiger partial charge in [0.15, 0.2) is 0 Å². The van der Waals surface area contributed by atoms with Gasteiger partial charge in [-0.3, -0.25) is 0 Å². The molecule has 14 rings (SSSR count). The van der Waals surface area contributed by atoms with Gasteiger partial charge in [0.05, 0.1) is 27.6 Å². The van der Waals surface area contributed by atoms with E-state index in [1.54, 1.807) is 0 Å². The van der Waals surface area contributed by atoms with Crippen molar-refractivity contribution in [3.8, 4) is 39.1 Å². The van der Waals surface area contributed by atoms with Crippen LogP contribution in [0.25, 0.3) is 71.6 Å². The third kappa shape index (κ3) is 4.49. The number of aromatic nitrogens is 1. The molecule has 0 fully saturated rings. The first kappa shape index (κ1) is 31.8. The van der Waals surface area contributed by atoms with E-state index in [1.165, 1.54) is 27.6 Å². The van der Waals surface area contributed by atoms with E-state index in [-0.39, 0.29) is 29.6 Å². The molecule has 2 heteroatoms. The number of anilines is 3. The zero-order valence-electron chi connectivity index (χ0n) is 39.4. The van der Waals surface area contributed by atoms with E-state index >= 15 is 0 Å². The molecule has 0 amide bonds. The fraction of sp³-hybridized carbons (Fsp3) is 0.0645. The van der Waals surface area contributed by atoms with Gasteiger partial charge in [-0.05, 0) is 127 Å². The van der Waals surface area contributed by atoms with Crippen molar-refractivity contribution in [3.63, 3.8) is 0 Å². The van der Waals surface area contributed by atoms with Crippen molar-refractivity contribution in [3.05, 3.63) is 252 Å². The Morgan fingerprint density at radius 1 is 0.406 bits per heavy atom. The number of rotatable bonds is 4. The summed E-state index contributed by atoms with van der Waals surface area (Å²) >= 11 is 0. The highest BCUT2D eigenvalue weighted by molar-refractivity contribution is 6.14. The van der Waals surface area contributed by atoms with E-state index in [1.807, 2.05) is 18.2 Å². The normalized spacial score (nSPS) is 16.7. The van der Waals surface area contributed by atoms with Crippen molar-refractivity contribution < 1.29 is 5.48 Å². The molecule has 1 spiro atoms. The third-order valence-electron chi connectivity index (χ3n) is 14.7. The monoisotopic (exact) mass is 818 g/mol. The summed E-state index contributed by atoms with van der Waals surface area (Å²) in [6.07, 6.45) is 0. The Morgan fingerprint density at radius 3 is 1.81 bits per heavy atom. The lowest BCUT2D eigenvalue weighted by atomic mass is 9.61. The van der Waals surface area contributed by atoms with E-state index in [0.29, 0.717) is 11.1 Å². The van der Waals surface area contributed by atoms with Gasteiger partial charge in [-0.2, -0.15) is 0 Å². The zero-order valence-corrected chi connectivity index (χ0v) is 35.4. The summed E-state index contributed by atoms with van der Waals surface area (Å²) in [6.45, 7) is 4.67. The Balaban J connectivity index is 1.09. The van der Waals surface area contributed by atoms with Crippen LogP contribution in [0.15, 0.2) is 218 Å². The van der Waals surface area contributed by atoms with Gasteiger partial charge in [-0.25, -0.2) is 0 Å². The fourth-order valence-electron chi connectivity index (χ4n) is 12.0. The van der Waals surface area contributed by atoms with E-state index in [0.717, 1.165) is 83.3 Å². The molecule has 1 heterocycles. The number of fused-ring (bicyclic) bond motifs is 15. The average molecular weight is 819 g/mol. The molecular formula is C62H42N2. The van der Waals surface area contributed by atoms with E-state index in [2.05, 4.69) is 199 Å². The maximum atomic E-state index is 9.72. The molecule has 0 N–H and O–H groups in total. The van der Waals surface area contributed by atoms with Crippen molar-refractivity contribution in [2.24, 2.45) is 0 Å². The summed E-state index contributed by atoms with van der Waals surface area (Å²) in [7, 11) is 0. The van der Waals surface area contributed by atoms with Crippen LogP contribution in [0, 0.1) is 0 Å². The fourth-order valence-corrected chi connectivity index (χ4v) is 12.0. The van der Waals surface area contributed by atoms with Crippen LogP contribution in [-0.2, 0) is 10.8 Å². The van der Waals surface area contributed by atoms with Crippen molar-refractivity contribution in [1.82, 2.24) is 4.57 Å². The molecule has 1 atom stereocenters. The first-order chi connectivity index (χ1) is 33.2. The quantitative estimate of drug-likeness (QED) is 0.172. The Labute approximate surface area is 378 Å². The van der Waals surface area contributed by atoms with Crippen LogP contribution in [0.1, 0.15) is 52.7 Å². The topological polar surface area (TPSA) is 8.17 Å². The highest BCUT2D eigenvalue weighted by Crippen LogP contribution is 2.63. The molecule has 11 aromatic rings. The van der Waals surface area contributed by atoms with Crippen molar-refractivity contribution in [2.45, 2.75) is 24.7 Å². The lowest BCUT2D eigenvalue weighted by Crippen LogP contribution is -2.32. The molecule has 0 bridgehead atoms. The lowest BCUT2D eigenvalue weighted by Gasteiger charge is -2.40. The maximum absolute atomic E-state index is 9.72. The first-order valence-electron chi connectivity index (χ1n) is 24.2. The van der Waals surface area contributed by atoms with Crippen molar-refractivity contribution >= 4 is 49.6 Å². The van der Waals surface area contributed by atoms with Crippen LogP contribution in [0.3, 0.4) is 0 Å². The Kier molecular flexibility index (Phi) is 6.37. The molecule has 3 aliphatic rings. The molecule has 1 unspecified atom stereocenters. The second kappa shape index (κ2) is 12.8. The summed E-state index contributed by atoms with van der Waals surface area (Å²) in [5.74, 6) is 0. The summed E-state index contributed by atoms with van der Waals surface area (Å²) in [5, 5.41) is 4.46. The van der Waals surface area contributed by atoms with E-state index in [4.69, 9.17) is 2.74 Å². The van der Waals surface area contributed by atoms with Gasteiger partial charge in [0, 0.05) is 38.6 Å². The lowest BCUT2D eigenvalue weighted by molar-refractivity contribution is 0.660. The Bertz CT molecular complexity index is 4020. The summed E-state index contributed by atoms with van der Waals surface area (Å²) in [5.41, 5.74) is 17.6. The summed E-state index contributed by atoms with van der Waals surface area (Å²) in [6, 6.07) is 69.3. The first-order valence-corrected chi connectivity index (χ1v) is 22.2. The molecule has 0 saturated carbocycles. The van der Waals surface area contributed by atoms with Crippen LogP contribution in [0.5, 0.6) is 0 Å². The summed E-state index contributed by atoms with van der Waals surface area (Å²) in [4.78, 5) is 2.44. The minimum Gasteiger partial charge on any atom is -0.310 e. The van der Waals surface area contributed by atoms with Crippen LogP contribution in [0.2, 0.25) is 0 Å². The number of hydrogen-bond acceptors (Lipinski definition) is 1. The number of benzene rings is 10. The van der Waals surface area contributed by atoms with Crippen molar-refractivity contribution in [2.75, 3.05) is 4.90 Å². The maximum Gasteiger partial charge on any atom is 0.0725 e. The molecular weight excluding hydrogens is 773 g/mol. The van der Waals surface area contributed by atoms with Gasteiger partial charge in [0.25, 0.3) is 0 Å². The minimum atomic E-state index is -1.02. The number of nitrogens with zero attached hydrogens (tertiary/aromatic N) is 2. The molecule has 2 nitrogen and oxygen atoms in total. The van der Waals surface area contributed by atoms with Gasteiger partial charge >= 0.3 is 0 Å². The van der Waals surface area contributed by atoms with E-state index in [9.17, 15) is 2.74 Å². The van der Waals surface area contributed by atoms with Crippen LogP contribution in [0.4, 0.5) is 17.1 Å². The minimum absolute atomic E-state index is 0.00467. The molecule has 64 heavy (non-hydrogen) atoms. The predicted octanol–water partition coefficient (Wildman–Crippen LogP) is 16.1. The molecule has 0 radical (unpaired) electrons. The third-order valence-corrected chi connectivity index (χ3v) is 14.7. The van der Waals surface area contributed by atoms with Crippen LogP contribution >= 0.6 is 0 Å².